The maximum Gasteiger partial charge on any atom is 0.332 e. The molecule has 6 nitrogen and oxygen atoms in total. The van der Waals surface area contributed by atoms with Gasteiger partial charge in [-0.2, -0.15) is 4.31 Å². The molecule has 0 bridgehead atoms. The molecule has 194 valence electrons. The molecule has 0 spiro atoms. The summed E-state index contributed by atoms with van der Waals surface area (Å²) in [6, 6.07) is 24.4. The molecule has 1 unspecified atom stereocenters. The lowest BCUT2D eigenvalue weighted by atomic mass is 9.94. The minimum atomic E-state index is -3.87. The molecule has 1 fully saturated rings. The maximum absolute atomic E-state index is 13.9. The monoisotopic (exact) mass is 518 g/mol. The van der Waals surface area contributed by atoms with Crippen molar-refractivity contribution in [3.8, 4) is 0 Å². The van der Waals surface area contributed by atoms with Crippen LogP contribution in [0.1, 0.15) is 50.3 Å². The molecule has 1 heterocycles. The van der Waals surface area contributed by atoms with Crippen LogP contribution in [-0.2, 0) is 19.6 Å². The molecule has 0 aromatic heterocycles. The SMILES string of the molecule is CCOC(=O)[C@@H](N=C(c1ccccc1)c1ccccc1)[C@H]1N(S(=O)(=O)c2ccc(C)cc2)C1(CC)CC. The van der Waals surface area contributed by atoms with Crippen molar-refractivity contribution in [3.63, 3.8) is 0 Å². The first kappa shape index (κ1) is 26.8. The molecule has 7 heteroatoms. The van der Waals surface area contributed by atoms with Crippen molar-refractivity contribution in [2.75, 3.05) is 6.61 Å². The highest BCUT2D eigenvalue weighted by Crippen LogP contribution is 2.53. The van der Waals surface area contributed by atoms with Gasteiger partial charge in [-0.15, -0.1) is 0 Å². The summed E-state index contributed by atoms with van der Waals surface area (Å²) in [6.45, 7) is 7.76. The van der Waals surface area contributed by atoms with Gasteiger partial charge in [0.1, 0.15) is 0 Å². The molecule has 0 radical (unpaired) electrons. The number of carbonyl (C=O) groups excluding carboxylic acids is 1. The van der Waals surface area contributed by atoms with Gasteiger partial charge in [0.05, 0.1) is 28.8 Å². The van der Waals surface area contributed by atoms with E-state index in [1.165, 1.54) is 4.31 Å². The lowest BCUT2D eigenvalue weighted by molar-refractivity contribution is -0.144. The van der Waals surface area contributed by atoms with Gasteiger partial charge < -0.3 is 4.74 Å². The second-order valence-electron chi connectivity index (χ2n) is 9.28. The predicted octanol–water partition coefficient (Wildman–Crippen LogP) is 5.40. The Bertz CT molecular complexity index is 1310. The Labute approximate surface area is 220 Å². The van der Waals surface area contributed by atoms with Crippen LogP contribution in [0, 0.1) is 6.92 Å². The fraction of sp³-hybridized carbons (Fsp3) is 0.333. The van der Waals surface area contributed by atoms with E-state index in [0.29, 0.717) is 18.6 Å². The van der Waals surface area contributed by atoms with E-state index in [9.17, 15) is 13.2 Å². The Morgan fingerprint density at radius 1 is 0.892 bits per heavy atom. The summed E-state index contributed by atoms with van der Waals surface area (Å²) in [6.07, 6.45) is 1.10. The molecule has 0 N–H and O–H groups in total. The van der Waals surface area contributed by atoms with E-state index >= 15 is 0 Å². The van der Waals surface area contributed by atoms with Crippen molar-refractivity contribution in [2.24, 2.45) is 4.99 Å². The van der Waals surface area contributed by atoms with Crippen molar-refractivity contribution < 1.29 is 17.9 Å². The first-order valence-electron chi connectivity index (χ1n) is 12.8. The van der Waals surface area contributed by atoms with Gasteiger partial charge >= 0.3 is 5.97 Å². The molecule has 1 aliphatic heterocycles. The van der Waals surface area contributed by atoms with Crippen LogP contribution in [0.3, 0.4) is 0 Å². The summed E-state index contributed by atoms with van der Waals surface area (Å²) in [4.78, 5) is 18.7. The van der Waals surface area contributed by atoms with Gasteiger partial charge in [-0.1, -0.05) is 92.2 Å². The molecule has 1 saturated heterocycles. The minimum absolute atomic E-state index is 0.180. The summed E-state index contributed by atoms with van der Waals surface area (Å²) in [7, 11) is -3.87. The molecule has 3 atom stereocenters. The Hall–Kier alpha value is -3.29. The molecule has 0 aliphatic carbocycles. The van der Waals surface area contributed by atoms with Crippen molar-refractivity contribution in [1.82, 2.24) is 4.31 Å². The van der Waals surface area contributed by atoms with Crippen molar-refractivity contribution >= 4 is 21.7 Å². The zero-order valence-electron chi connectivity index (χ0n) is 21.8. The first-order chi connectivity index (χ1) is 17.8. The zero-order chi connectivity index (χ0) is 26.6. The second kappa shape index (κ2) is 11.0. The third kappa shape index (κ3) is 5.11. The molecule has 3 aromatic carbocycles. The number of aryl methyl sites for hydroxylation is 1. The quantitative estimate of drug-likeness (QED) is 0.205. The third-order valence-corrected chi connectivity index (χ3v) is 9.14. The Balaban J connectivity index is 1.87. The highest BCUT2D eigenvalue weighted by atomic mass is 32.2. The van der Waals surface area contributed by atoms with Crippen molar-refractivity contribution in [1.29, 1.82) is 0 Å². The second-order valence-corrected chi connectivity index (χ2v) is 11.1. The Kier molecular flexibility index (Phi) is 7.95. The number of carbonyl (C=O) groups is 1. The van der Waals surface area contributed by atoms with Crippen LogP contribution in [0.25, 0.3) is 0 Å². The fourth-order valence-electron chi connectivity index (χ4n) is 5.11. The van der Waals surface area contributed by atoms with Crippen molar-refractivity contribution in [3.05, 3.63) is 102 Å². The van der Waals surface area contributed by atoms with Crippen LogP contribution in [0.15, 0.2) is 94.8 Å². The third-order valence-electron chi connectivity index (χ3n) is 7.17. The van der Waals surface area contributed by atoms with E-state index in [0.717, 1.165) is 16.7 Å². The summed E-state index contributed by atoms with van der Waals surface area (Å²) in [5.74, 6) is -0.523. The normalized spacial score (nSPS) is 19.0. The van der Waals surface area contributed by atoms with Gasteiger partial charge in [-0.3, -0.25) is 4.99 Å². The van der Waals surface area contributed by atoms with Crippen LogP contribution < -0.4 is 0 Å². The van der Waals surface area contributed by atoms with Crippen LogP contribution in [0.4, 0.5) is 0 Å². The van der Waals surface area contributed by atoms with Crippen LogP contribution in [0.5, 0.6) is 0 Å². The van der Waals surface area contributed by atoms with Gasteiger partial charge in [0.25, 0.3) is 0 Å². The van der Waals surface area contributed by atoms with Gasteiger partial charge in [0, 0.05) is 11.1 Å². The van der Waals surface area contributed by atoms with E-state index in [4.69, 9.17) is 9.73 Å². The minimum Gasteiger partial charge on any atom is -0.464 e. The zero-order valence-corrected chi connectivity index (χ0v) is 22.6. The average Bonchev–Trinajstić information content (AvgIpc) is 3.60. The fourth-order valence-corrected chi connectivity index (χ4v) is 7.23. The first-order valence-corrected chi connectivity index (χ1v) is 14.2. The van der Waals surface area contributed by atoms with Gasteiger partial charge in [-0.25, -0.2) is 13.2 Å². The molecular weight excluding hydrogens is 484 g/mol. The van der Waals surface area contributed by atoms with E-state index in [1.807, 2.05) is 81.4 Å². The number of esters is 1. The van der Waals surface area contributed by atoms with Crippen molar-refractivity contribution in [2.45, 2.75) is 63.1 Å². The van der Waals surface area contributed by atoms with Gasteiger partial charge in [0.15, 0.2) is 6.04 Å². The van der Waals surface area contributed by atoms with E-state index in [-0.39, 0.29) is 11.5 Å². The standard InChI is InChI=1S/C30H34N2O4S/c1-5-30(6-2)28(32(30)37(34,35)25-20-18-22(4)19-21-25)27(29(33)36-7-3)31-26(23-14-10-8-11-15-23)24-16-12-9-13-17-24/h8-21,27-28H,5-7H2,1-4H3/t27-,28+,32?/m0/s1. The smallest absolute Gasteiger partial charge is 0.332 e. The largest absolute Gasteiger partial charge is 0.464 e. The van der Waals surface area contributed by atoms with Gasteiger partial charge in [-0.05, 0) is 38.8 Å². The lowest BCUT2D eigenvalue weighted by Gasteiger charge is -2.16. The summed E-state index contributed by atoms with van der Waals surface area (Å²) < 4.78 is 34.7. The summed E-state index contributed by atoms with van der Waals surface area (Å²) in [5.41, 5.74) is 2.55. The molecule has 0 amide bonds. The molecule has 1 aliphatic rings. The number of benzene rings is 3. The highest BCUT2D eigenvalue weighted by Gasteiger charge is 2.70. The average molecular weight is 519 g/mol. The Morgan fingerprint density at radius 3 is 1.86 bits per heavy atom. The lowest BCUT2D eigenvalue weighted by Crippen LogP contribution is -2.33. The molecule has 0 saturated carbocycles. The highest BCUT2D eigenvalue weighted by molar-refractivity contribution is 7.89. The number of rotatable bonds is 10. The number of sulfonamides is 1. The summed E-state index contributed by atoms with van der Waals surface area (Å²) >= 11 is 0. The maximum atomic E-state index is 13.9. The topological polar surface area (TPSA) is 75.8 Å². The van der Waals surface area contributed by atoms with E-state index < -0.39 is 33.6 Å². The van der Waals surface area contributed by atoms with Gasteiger partial charge in [0.2, 0.25) is 10.0 Å². The summed E-state index contributed by atoms with van der Waals surface area (Å²) in [5, 5.41) is 0. The number of nitrogens with zero attached hydrogens (tertiary/aromatic N) is 2. The molecule has 3 aromatic rings. The number of hydrogen-bond acceptors (Lipinski definition) is 5. The molecule has 37 heavy (non-hydrogen) atoms. The molecular formula is C30H34N2O4S. The number of hydrogen-bond donors (Lipinski definition) is 0. The molecule has 4 rings (SSSR count). The van der Waals surface area contributed by atoms with E-state index in [1.54, 1.807) is 31.2 Å². The predicted molar refractivity (Wildman–Crippen MR) is 146 cm³/mol. The van der Waals surface area contributed by atoms with Crippen LogP contribution in [-0.4, -0.2) is 48.6 Å². The Morgan fingerprint density at radius 2 is 1.41 bits per heavy atom. The van der Waals surface area contributed by atoms with Crippen LogP contribution >= 0.6 is 0 Å². The number of ether oxygens (including phenoxy) is 1. The van der Waals surface area contributed by atoms with Crippen LogP contribution in [0.2, 0.25) is 0 Å². The number of aliphatic imine (C=N–C) groups is 1. The van der Waals surface area contributed by atoms with E-state index in [2.05, 4.69) is 0 Å².